The molecule has 1 aliphatic heterocycles. The van der Waals surface area contributed by atoms with Crippen LogP contribution in [0.5, 0.6) is 0 Å². The van der Waals surface area contributed by atoms with Crippen LogP contribution in [-0.4, -0.2) is 40.5 Å². The van der Waals surface area contributed by atoms with E-state index < -0.39 is 43.9 Å². The van der Waals surface area contributed by atoms with E-state index in [1.807, 2.05) is 97.1 Å². The molecule has 0 spiro atoms. The van der Waals surface area contributed by atoms with Gasteiger partial charge in [0.25, 0.3) is 8.32 Å². The molecule has 0 unspecified atom stereocenters. The Balaban J connectivity index is 1.85. The third kappa shape index (κ3) is 5.51. The second kappa shape index (κ2) is 12.9. The maximum Gasteiger partial charge on any atom is 0.322 e. The van der Waals surface area contributed by atoms with Crippen molar-refractivity contribution in [1.29, 1.82) is 0 Å². The Hall–Kier alpha value is -4.04. The van der Waals surface area contributed by atoms with E-state index in [1.165, 1.54) is 14.2 Å². The van der Waals surface area contributed by atoms with Gasteiger partial charge in [-0.3, -0.25) is 14.9 Å². The number of methoxy groups -OCH3 is 2. The molecule has 0 aliphatic carbocycles. The van der Waals surface area contributed by atoms with Crippen molar-refractivity contribution in [3.8, 4) is 0 Å². The van der Waals surface area contributed by atoms with E-state index in [0.717, 1.165) is 21.5 Å². The minimum atomic E-state index is -3.21. The fraction of sp³-hybridized carbons (Fsp3) is 0.297. The molecule has 1 aliphatic rings. The van der Waals surface area contributed by atoms with Crippen LogP contribution in [0.1, 0.15) is 50.5 Å². The highest BCUT2D eigenvalue weighted by Gasteiger charge is 2.64. The standard InChI is InChI=1S/C37H41NO5Si/c1-36(2,3)44(29-22-14-8-15-23-29,30-24-16-9-17-25-30)43-33(28-20-12-7-13-21-28)37(35(40)42-5)26-31(34(39)41-4)38-32(37)27-18-10-6-11-19-27/h6-25,31-33,38H,26H2,1-5H3/t31-,32-,33-,37-/m1/s1. The summed E-state index contributed by atoms with van der Waals surface area (Å²) in [5, 5.41) is 5.29. The lowest BCUT2D eigenvalue weighted by atomic mass is 9.70. The molecule has 4 atom stereocenters. The molecule has 1 N–H and O–H groups in total. The molecule has 1 fully saturated rings. The van der Waals surface area contributed by atoms with E-state index in [4.69, 9.17) is 13.9 Å². The predicted octanol–water partition coefficient (Wildman–Crippen LogP) is 5.74. The topological polar surface area (TPSA) is 73.9 Å². The molecule has 0 radical (unpaired) electrons. The summed E-state index contributed by atoms with van der Waals surface area (Å²) in [7, 11) is -0.435. The molecule has 0 amide bonds. The molecule has 0 saturated carbocycles. The molecule has 6 nitrogen and oxygen atoms in total. The summed E-state index contributed by atoms with van der Waals surface area (Å²) < 4.78 is 18.7. The number of carbonyl (C=O) groups excluding carboxylic acids is 2. The summed E-state index contributed by atoms with van der Waals surface area (Å²) in [4.78, 5) is 27.7. The van der Waals surface area contributed by atoms with E-state index >= 15 is 0 Å². The summed E-state index contributed by atoms with van der Waals surface area (Å²) in [5.74, 6) is -0.883. The second-order valence-electron chi connectivity index (χ2n) is 12.4. The SMILES string of the molecule is COC(=O)[C@H]1C[C@](C(=O)OC)([C@H](O[Si](c2ccccc2)(c2ccccc2)C(C)(C)C)c2ccccc2)[C@@H](c2ccccc2)N1. The summed E-state index contributed by atoms with van der Waals surface area (Å²) in [6, 6.07) is 39.0. The lowest BCUT2D eigenvalue weighted by Gasteiger charge is -2.49. The normalized spacial score (nSPS) is 20.9. The number of ether oxygens (including phenoxy) is 2. The molecular formula is C37H41NO5Si. The Morgan fingerprint density at radius 3 is 1.68 bits per heavy atom. The van der Waals surface area contributed by atoms with Gasteiger partial charge in [0.15, 0.2) is 0 Å². The monoisotopic (exact) mass is 607 g/mol. The Labute approximate surface area is 261 Å². The molecule has 228 valence electrons. The maximum absolute atomic E-state index is 14.5. The zero-order valence-corrected chi connectivity index (χ0v) is 27.0. The number of hydrogen-bond acceptors (Lipinski definition) is 6. The Morgan fingerprint density at radius 1 is 0.750 bits per heavy atom. The van der Waals surface area contributed by atoms with Crippen molar-refractivity contribution in [1.82, 2.24) is 5.32 Å². The smallest absolute Gasteiger partial charge is 0.322 e. The summed E-state index contributed by atoms with van der Waals surface area (Å²) in [5.41, 5.74) is 0.360. The van der Waals surface area contributed by atoms with Crippen LogP contribution in [0.15, 0.2) is 121 Å². The van der Waals surface area contributed by atoms with Gasteiger partial charge < -0.3 is 13.9 Å². The molecule has 5 rings (SSSR count). The number of carbonyl (C=O) groups is 2. The zero-order valence-electron chi connectivity index (χ0n) is 26.0. The van der Waals surface area contributed by atoms with Crippen LogP contribution in [0.3, 0.4) is 0 Å². The predicted molar refractivity (Wildman–Crippen MR) is 175 cm³/mol. The van der Waals surface area contributed by atoms with E-state index in [1.54, 1.807) is 0 Å². The Bertz CT molecular complexity index is 1500. The van der Waals surface area contributed by atoms with Gasteiger partial charge in [0.2, 0.25) is 0 Å². The molecule has 4 aromatic carbocycles. The molecule has 7 heteroatoms. The van der Waals surface area contributed by atoms with E-state index in [0.29, 0.717) is 0 Å². The first-order valence-electron chi connectivity index (χ1n) is 15.0. The lowest BCUT2D eigenvalue weighted by molar-refractivity contribution is -0.161. The van der Waals surface area contributed by atoms with Crippen molar-refractivity contribution >= 4 is 30.6 Å². The van der Waals surface area contributed by atoms with Gasteiger partial charge in [-0.25, -0.2) is 0 Å². The molecule has 1 saturated heterocycles. The molecule has 44 heavy (non-hydrogen) atoms. The largest absolute Gasteiger partial charge is 0.468 e. The lowest BCUT2D eigenvalue weighted by Crippen LogP contribution is -2.68. The molecule has 0 bridgehead atoms. The molecule has 4 aromatic rings. The van der Waals surface area contributed by atoms with E-state index in [-0.39, 0.29) is 11.5 Å². The van der Waals surface area contributed by atoms with Gasteiger partial charge in [-0.15, -0.1) is 0 Å². The average Bonchev–Trinajstić information content (AvgIpc) is 3.47. The minimum Gasteiger partial charge on any atom is -0.468 e. The van der Waals surface area contributed by atoms with Crippen molar-refractivity contribution in [2.45, 2.75) is 50.4 Å². The van der Waals surface area contributed by atoms with Crippen LogP contribution >= 0.6 is 0 Å². The number of hydrogen-bond donors (Lipinski definition) is 1. The number of esters is 2. The first-order valence-corrected chi connectivity index (χ1v) is 16.9. The van der Waals surface area contributed by atoms with E-state index in [9.17, 15) is 9.59 Å². The average molecular weight is 608 g/mol. The summed E-state index contributed by atoms with van der Waals surface area (Å²) in [6.45, 7) is 6.64. The third-order valence-corrected chi connectivity index (χ3v) is 13.9. The molecular weight excluding hydrogens is 566 g/mol. The third-order valence-electron chi connectivity index (χ3n) is 8.89. The van der Waals surface area contributed by atoms with Gasteiger partial charge in [-0.2, -0.15) is 0 Å². The quantitative estimate of drug-likeness (QED) is 0.193. The summed E-state index contributed by atoms with van der Waals surface area (Å²) in [6.07, 6.45) is -0.668. The van der Waals surface area contributed by atoms with Crippen LogP contribution in [0.2, 0.25) is 5.04 Å². The van der Waals surface area contributed by atoms with Crippen molar-refractivity contribution in [3.63, 3.8) is 0 Å². The fourth-order valence-electron chi connectivity index (χ4n) is 6.92. The Kier molecular flexibility index (Phi) is 9.20. The van der Waals surface area contributed by atoms with E-state index in [2.05, 4.69) is 50.4 Å². The van der Waals surface area contributed by atoms with Crippen LogP contribution < -0.4 is 15.7 Å². The van der Waals surface area contributed by atoms with Crippen molar-refractivity contribution in [2.24, 2.45) is 5.41 Å². The van der Waals surface area contributed by atoms with Gasteiger partial charge in [0.05, 0.1) is 26.4 Å². The second-order valence-corrected chi connectivity index (χ2v) is 16.6. The van der Waals surface area contributed by atoms with Gasteiger partial charge in [-0.1, -0.05) is 142 Å². The fourth-order valence-corrected chi connectivity index (χ4v) is 11.6. The number of nitrogens with one attached hydrogen (secondary N) is 1. The first kappa shape index (κ1) is 31.4. The van der Waals surface area contributed by atoms with Crippen LogP contribution in [0, 0.1) is 5.41 Å². The van der Waals surface area contributed by atoms with Crippen LogP contribution in [0.25, 0.3) is 0 Å². The highest BCUT2D eigenvalue weighted by Crippen LogP contribution is 2.56. The van der Waals surface area contributed by atoms with Crippen molar-refractivity contribution in [2.75, 3.05) is 14.2 Å². The van der Waals surface area contributed by atoms with Crippen LogP contribution in [-0.2, 0) is 23.5 Å². The maximum atomic E-state index is 14.5. The summed E-state index contributed by atoms with van der Waals surface area (Å²) >= 11 is 0. The number of rotatable bonds is 9. The number of benzene rings is 4. The molecule has 1 heterocycles. The zero-order chi connectivity index (χ0) is 31.4. The van der Waals surface area contributed by atoms with Gasteiger partial charge >= 0.3 is 11.9 Å². The first-order chi connectivity index (χ1) is 21.2. The molecule has 0 aromatic heterocycles. The van der Waals surface area contributed by atoms with Gasteiger partial charge in [0, 0.05) is 0 Å². The van der Waals surface area contributed by atoms with Gasteiger partial charge in [-0.05, 0) is 33.0 Å². The highest BCUT2D eigenvalue weighted by molar-refractivity contribution is 6.99. The van der Waals surface area contributed by atoms with Crippen molar-refractivity contribution in [3.05, 3.63) is 132 Å². The van der Waals surface area contributed by atoms with Gasteiger partial charge in [0.1, 0.15) is 11.5 Å². The Morgan fingerprint density at radius 2 is 1.23 bits per heavy atom. The minimum absolute atomic E-state index is 0.129. The highest BCUT2D eigenvalue weighted by atomic mass is 28.4. The van der Waals surface area contributed by atoms with Crippen molar-refractivity contribution < 1.29 is 23.5 Å². The van der Waals surface area contributed by atoms with Crippen LogP contribution in [0.4, 0.5) is 0 Å².